The summed E-state index contributed by atoms with van der Waals surface area (Å²) in [6.07, 6.45) is 3.59. The van der Waals surface area contributed by atoms with Crippen molar-refractivity contribution in [2.24, 2.45) is 14.1 Å². The monoisotopic (exact) mass is 326 g/mol. The van der Waals surface area contributed by atoms with Gasteiger partial charge in [0.1, 0.15) is 11.5 Å². The highest BCUT2D eigenvalue weighted by Crippen LogP contribution is 2.25. The molecule has 0 bridgehead atoms. The fourth-order valence-corrected chi connectivity index (χ4v) is 2.54. The predicted molar refractivity (Wildman–Crippen MR) is 90.5 cm³/mol. The minimum absolute atomic E-state index is 0.0832. The Morgan fingerprint density at radius 2 is 2.08 bits per heavy atom. The van der Waals surface area contributed by atoms with Crippen LogP contribution in [0.25, 0.3) is 11.5 Å². The number of rotatable bonds is 5. The molecule has 0 amide bonds. The van der Waals surface area contributed by atoms with Crippen LogP contribution in [0.3, 0.4) is 0 Å². The lowest BCUT2D eigenvalue weighted by atomic mass is 10.1. The molecule has 0 aliphatic heterocycles. The van der Waals surface area contributed by atoms with Crippen LogP contribution in [-0.2, 0) is 14.1 Å². The first kappa shape index (κ1) is 15.7. The Morgan fingerprint density at radius 3 is 2.75 bits per heavy atom. The van der Waals surface area contributed by atoms with Crippen molar-refractivity contribution in [2.75, 3.05) is 5.32 Å². The summed E-state index contributed by atoms with van der Waals surface area (Å²) in [5.41, 5.74) is 1.68. The summed E-state index contributed by atoms with van der Waals surface area (Å²) < 4.78 is 3.63. The third kappa shape index (κ3) is 2.98. The van der Waals surface area contributed by atoms with Gasteiger partial charge in [-0.05, 0) is 12.5 Å². The molecule has 3 rings (SSSR count). The normalized spacial score (nSPS) is 12.1. The summed E-state index contributed by atoms with van der Waals surface area (Å²) in [6, 6.07) is 8.42. The highest BCUT2D eigenvalue weighted by atomic mass is 16.6. The number of hydrogen-bond acceptors (Lipinski definition) is 5. The Labute approximate surface area is 138 Å². The average molecular weight is 326 g/mol. The van der Waals surface area contributed by atoms with E-state index in [1.165, 1.54) is 6.07 Å². The Hall–Kier alpha value is -3.16. The molecule has 1 N–H and O–H groups in total. The average Bonchev–Trinajstić information content (AvgIpc) is 3.13. The maximum absolute atomic E-state index is 10.9. The van der Waals surface area contributed by atoms with Crippen molar-refractivity contribution >= 4 is 11.5 Å². The molecule has 0 fully saturated rings. The number of nitrogens with one attached hydrogen (secondary N) is 1. The topological polar surface area (TPSA) is 90.8 Å². The van der Waals surface area contributed by atoms with Crippen LogP contribution in [0.1, 0.15) is 18.5 Å². The van der Waals surface area contributed by atoms with Crippen molar-refractivity contribution in [3.05, 3.63) is 58.4 Å². The molecule has 0 spiro atoms. The Balaban J connectivity index is 1.83. The van der Waals surface area contributed by atoms with Gasteiger partial charge in [-0.2, -0.15) is 5.10 Å². The van der Waals surface area contributed by atoms with Gasteiger partial charge in [0.25, 0.3) is 5.69 Å². The van der Waals surface area contributed by atoms with E-state index >= 15 is 0 Å². The quantitative estimate of drug-likeness (QED) is 0.575. The lowest BCUT2D eigenvalue weighted by Crippen LogP contribution is -2.10. The Kier molecular flexibility index (Phi) is 4.03. The van der Waals surface area contributed by atoms with Crippen molar-refractivity contribution in [3.63, 3.8) is 0 Å². The summed E-state index contributed by atoms with van der Waals surface area (Å²) in [5.74, 6) is 1.59. The van der Waals surface area contributed by atoms with Crippen LogP contribution >= 0.6 is 0 Å². The fourth-order valence-electron chi connectivity index (χ4n) is 2.54. The molecule has 0 unspecified atom stereocenters. The van der Waals surface area contributed by atoms with Crippen LogP contribution < -0.4 is 5.32 Å². The zero-order valence-corrected chi connectivity index (χ0v) is 13.7. The van der Waals surface area contributed by atoms with Gasteiger partial charge >= 0.3 is 0 Å². The van der Waals surface area contributed by atoms with Gasteiger partial charge in [-0.25, -0.2) is 4.98 Å². The molecule has 1 aromatic carbocycles. The van der Waals surface area contributed by atoms with Crippen LogP contribution in [0.4, 0.5) is 11.5 Å². The first-order valence-electron chi connectivity index (χ1n) is 7.48. The molecule has 1 atom stereocenters. The van der Waals surface area contributed by atoms with E-state index in [4.69, 9.17) is 0 Å². The highest BCUT2D eigenvalue weighted by molar-refractivity contribution is 5.57. The van der Waals surface area contributed by atoms with E-state index in [9.17, 15) is 10.1 Å². The summed E-state index contributed by atoms with van der Waals surface area (Å²) in [6.45, 7) is 1.95. The zero-order chi connectivity index (χ0) is 17.3. The Bertz CT molecular complexity index is 882. The molecule has 3 aromatic rings. The number of aryl methyl sites for hydroxylation is 2. The number of nitro groups is 1. The minimum atomic E-state index is -0.389. The van der Waals surface area contributed by atoms with Gasteiger partial charge in [0.15, 0.2) is 5.82 Å². The molecular formula is C16H18N6O2. The number of hydrogen-bond donors (Lipinski definition) is 1. The van der Waals surface area contributed by atoms with Crippen molar-refractivity contribution in [2.45, 2.75) is 13.0 Å². The molecule has 8 heteroatoms. The molecule has 0 saturated heterocycles. The van der Waals surface area contributed by atoms with Gasteiger partial charge in [0.05, 0.1) is 11.0 Å². The maximum Gasteiger partial charge on any atom is 0.269 e. The largest absolute Gasteiger partial charge is 0.364 e. The smallest absolute Gasteiger partial charge is 0.269 e. The van der Waals surface area contributed by atoms with Gasteiger partial charge in [0.2, 0.25) is 0 Å². The Morgan fingerprint density at radius 1 is 1.29 bits per heavy atom. The summed E-state index contributed by atoms with van der Waals surface area (Å²) in [4.78, 5) is 14.8. The molecule has 0 aliphatic carbocycles. The molecular weight excluding hydrogens is 308 g/mol. The molecule has 124 valence electrons. The molecule has 0 radical (unpaired) electrons. The lowest BCUT2D eigenvalue weighted by Gasteiger charge is -2.15. The van der Waals surface area contributed by atoms with E-state index < -0.39 is 0 Å². The maximum atomic E-state index is 10.9. The predicted octanol–water partition coefficient (Wildman–Crippen LogP) is 2.90. The van der Waals surface area contributed by atoms with E-state index in [0.717, 1.165) is 22.9 Å². The number of benzene rings is 1. The van der Waals surface area contributed by atoms with Gasteiger partial charge in [-0.15, -0.1) is 0 Å². The minimum Gasteiger partial charge on any atom is -0.364 e. The third-order valence-electron chi connectivity index (χ3n) is 3.88. The van der Waals surface area contributed by atoms with Crippen molar-refractivity contribution in [1.29, 1.82) is 0 Å². The molecule has 2 heterocycles. The van der Waals surface area contributed by atoms with E-state index in [2.05, 4.69) is 15.4 Å². The molecule has 0 aliphatic rings. The lowest BCUT2D eigenvalue weighted by molar-refractivity contribution is -0.384. The fraction of sp³-hybridized carbons (Fsp3) is 0.250. The van der Waals surface area contributed by atoms with Gasteiger partial charge in [-0.1, -0.05) is 12.1 Å². The number of aromatic nitrogens is 4. The molecule has 24 heavy (non-hydrogen) atoms. The third-order valence-corrected chi connectivity index (χ3v) is 3.88. The van der Waals surface area contributed by atoms with E-state index in [-0.39, 0.29) is 16.7 Å². The standard InChI is InChI=1S/C16H18N6O2/c1-11(12-5-4-6-13(9-12)22(23)24)18-15-10-14(19-21(15)3)16-17-7-8-20(16)2/h4-11,18H,1-3H3/t11-/m1/s1. The number of nitrogens with zero attached hydrogens (tertiary/aromatic N) is 5. The highest BCUT2D eigenvalue weighted by Gasteiger charge is 2.15. The van der Waals surface area contributed by atoms with Crippen LogP contribution in [0.2, 0.25) is 0 Å². The number of nitro benzene ring substituents is 1. The zero-order valence-electron chi connectivity index (χ0n) is 13.7. The van der Waals surface area contributed by atoms with E-state index in [0.29, 0.717) is 0 Å². The van der Waals surface area contributed by atoms with E-state index in [1.807, 2.05) is 43.9 Å². The van der Waals surface area contributed by atoms with Crippen LogP contribution in [0.15, 0.2) is 42.7 Å². The molecule has 2 aromatic heterocycles. The summed E-state index contributed by atoms with van der Waals surface area (Å²) in [7, 11) is 3.75. The SMILES string of the molecule is C[C@@H](Nc1cc(-c2nccn2C)nn1C)c1cccc([N+](=O)[O-])c1. The van der Waals surface area contributed by atoms with Gasteiger partial charge < -0.3 is 9.88 Å². The van der Waals surface area contributed by atoms with Crippen LogP contribution in [-0.4, -0.2) is 24.3 Å². The summed E-state index contributed by atoms with van der Waals surface area (Å²) in [5, 5.41) is 18.7. The van der Waals surface area contributed by atoms with E-state index in [1.54, 1.807) is 23.0 Å². The first-order chi connectivity index (χ1) is 11.5. The summed E-state index contributed by atoms with van der Waals surface area (Å²) >= 11 is 0. The second-order valence-electron chi connectivity index (χ2n) is 5.62. The molecule has 8 nitrogen and oxygen atoms in total. The van der Waals surface area contributed by atoms with Gasteiger partial charge in [-0.3, -0.25) is 14.8 Å². The number of non-ortho nitro benzene ring substituents is 1. The van der Waals surface area contributed by atoms with Crippen molar-refractivity contribution in [3.8, 4) is 11.5 Å². The second-order valence-corrected chi connectivity index (χ2v) is 5.62. The number of imidazole rings is 1. The van der Waals surface area contributed by atoms with Crippen LogP contribution in [0.5, 0.6) is 0 Å². The molecule has 0 saturated carbocycles. The number of anilines is 1. The first-order valence-corrected chi connectivity index (χ1v) is 7.48. The second kappa shape index (κ2) is 6.15. The van der Waals surface area contributed by atoms with Gasteiger partial charge in [0, 0.05) is 44.7 Å². The van der Waals surface area contributed by atoms with Crippen molar-refractivity contribution in [1.82, 2.24) is 19.3 Å². The van der Waals surface area contributed by atoms with Crippen LogP contribution in [0, 0.1) is 10.1 Å². The van der Waals surface area contributed by atoms with Crippen molar-refractivity contribution < 1.29 is 4.92 Å².